The lowest BCUT2D eigenvalue weighted by molar-refractivity contribution is -0.151. The van der Waals surface area contributed by atoms with Crippen molar-refractivity contribution in [3.63, 3.8) is 0 Å². The number of hydrogen-bond acceptors (Lipinski definition) is 5. The second-order valence-corrected chi connectivity index (χ2v) is 4.07. The molecule has 6 nitrogen and oxygen atoms in total. The fourth-order valence-electron chi connectivity index (χ4n) is 1.25. The predicted molar refractivity (Wildman–Crippen MR) is 50.2 cm³/mol. The van der Waals surface area contributed by atoms with Crippen LogP contribution in [0.25, 0.3) is 0 Å². The SMILES string of the molecule is CC(=O)OC[C@]1(Cl)[C@H](O)CNC(=O)[C@@H]1O. The van der Waals surface area contributed by atoms with Gasteiger partial charge < -0.3 is 20.3 Å². The summed E-state index contributed by atoms with van der Waals surface area (Å²) in [6, 6.07) is 0. The maximum atomic E-state index is 11.1. The van der Waals surface area contributed by atoms with E-state index >= 15 is 0 Å². The number of nitrogens with one attached hydrogen (secondary N) is 1. The Kier molecular flexibility index (Phi) is 3.54. The molecule has 1 aliphatic rings. The van der Waals surface area contributed by atoms with Crippen LogP contribution in [0.4, 0.5) is 0 Å². The van der Waals surface area contributed by atoms with Crippen LogP contribution in [0, 0.1) is 0 Å². The first-order valence-electron chi connectivity index (χ1n) is 4.34. The van der Waals surface area contributed by atoms with Crippen molar-refractivity contribution in [2.24, 2.45) is 0 Å². The number of carbonyl (C=O) groups is 2. The molecular weight excluding hydrogens is 226 g/mol. The highest BCUT2D eigenvalue weighted by Gasteiger charge is 2.50. The molecule has 0 aromatic heterocycles. The Bertz CT molecular complexity index is 284. The molecule has 0 aliphatic carbocycles. The highest BCUT2D eigenvalue weighted by molar-refractivity contribution is 6.27. The molecule has 1 saturated heterocycles. The number of esters is 1. The number of β-amino-alcohol motifs (C(OH)–C–C–N with tert-alkyl or cyclic N) is 1. The third kappa shape index (κ3) is 2.39. The van der Waals surface area contributed by atoms with Crippen molar-refractivity contribution in [1.82, 2.24) is 5.32 Å². The van der Waals surface area contributed by atoms with E-state index in [1.807, 2.05) is 0 Å². The first kappa shape index (κ1) is 12.2. The smallest absolute Gasteiger partial charge is 0.302 e. The Morgan fingerprint density at radius 1 is 1.73 bits per heavy atom. The van der Waals surface area contributed by atoms with Crippen molar-refractivity contribution >= 4 is 23.5 Å². The number of aliphatic hydroxyl groups excluding tert-OH is 2. The van der Waals surface area contributed by atoms with Gasteiger partial charge in [0, 0.05) is 13.5 Å². The van der Waals surface area contributed by atoms with Gasteiger partial charge in [0.25, 0.3) is 5.91 Å². The van der Waals surface area contributed by atoms with Crippen LogP contribution in [-0.4, -0.2) is 52.3 Å². The lowest BCUT2D eigenvalue weighted by Gasteiger charge is -2.38. The molecule has 1 heterocycles. The highest BCUT2D eigenvalue weighted by atomic mass is 35.5. The fourth-order valence-corrected chi connectivity index (χ4v) is 1.48. The van der Waals surface area contributed by atoms with Crippen molar-refractivity contribution in [3.05, 3.63) is 0 Å². The molecule has 0 aromatic rings. The minimum atomic E-state index is -1.67. The molecule has 0 spiro atoms. The molecule has 0 unspecified atom stereocenters. The van der Waals surface area contributed by atoms with Gasteiger partial charge in [-0.3, -0.25) is 9.59 Å². The Morgan fingerprint density at radius 3 is 2.87 bits per heavy atom. The van der Waals surface area contributed by atoms with E-state index in [4.69, 9.17) is 11.6 Å². The van der Waals surface area contributed by atoms with E-state index in [0.717, 1.165) is 0 Å². The van der Waals surface area contributed by atoms with E-state index in [0.29, 0.717) is 0 Å². The van der Waals surface area contributed by atoms with E-state index in [-0.39, 0.29) is 6.54 Å². The van der Waals surface area contributed by atoms with Gasteiger partial charge in [-0.15, -0.1) is 11.6 Å². The number of ether oxygens (including phenoxy) is 1. The number of carbonyl (C=O) groups excluding carboxylic acids is 2. The van der Waals surface area contributed by atoms with Crippen LogP contribution in [0.1, 0.15) is 6.92 Å². The van der Waals surface area contributed by atoms with Gasteiger partial charge in [-0.25, -0.2) is 0 Å². The van der Waals surface area contributed by atoms with Gasteiger partial charge in [0.05, 0.1) is 6.10 Å². The van der Waals surface area contributed by atoms with Crippen LogP contribution in [0.3, 0.4) is 0 Å². The van der Waals surface area contributed by atoms with Gasteiger partial charge in [-0.05, 0) is 0 Å². The van der Waals surface area contributed by atoms with Gasteiger partial charge in [0.15, 0.2) is 6.10 Å². The molecule has 0 saturated carbocycles. The predicted octanol–water partition coefficient (Wildman–Crippen LogP) is -1.62. The summed E-state index contributed by atoms with van der Waals surface area (Å²) in [5, 5.41) is 21.3. The van der Waals surface area contributed by atoms with Gasteiger partial charge >= 0.3 is 5.97 Å². The van der Waals surface area contributed by atoms with Gasteiger partial charge in [0.2, 0.25) is 0 Å². The van der Waals surface area contributed by atoms with Crippen LogP contribution in [-0.2, 0) is 14.3 Å². The summed E-state index contributed by atoms with van der Waals surface area (Å²) in [6.07, 6.45) is -2.78. The molecule has 86 valence electrons. The largest absolute Gasteiger partial charge is 0.464 e. The normalized spacial score (nSPS) is 35.9. The second-order valence-electron chi connectivity index (χ2n) is 3.37. The third-order valence-corrected chi connectivity index (χ3v) is 2.79. The minimum absolute atomic E-state index is 0.0827. The minimum Gasteiger partial charge on any atom is -0.464 e. The summed E-state index contributed by atoms with van der Waals surface area (Å²) in [7, 11) is 0. The van der Waals surface area contributed by atoms with Crippen LogP contribution in [0.15, 0.2) is 0 Å². The lowest BCUT2D eigenvalue weighted by Crippen LogP contribution is -2.65. The first-order valence-corrected chi connectivity index (χ1v) is 4.72. The molecule has 1 rings (SSSR count). The Balaban J connectivity index is 2.76. The number of aliphatic hydroxyl groups is 2. The Morgan fingerprint density at radius 2 is 2.33 bits per heavy atom. The molecule has 0 aromatic carbocycles. The maximum absolute atomic E-state index is 11.1. The number of alkyl halides is 1. The number of piperidine rings is 1. The molecule has 3 N–H and O–H groups in total. The third-order valence-electron chi connectivity index (χ3n) is 2.22. The van der Waals surface area contributed by atoms with Crippen molar-refractivity contribution in [2.75, 3.05) is 13.2 Å². The molecule has 7 heteroatoms. The average molecular weight is 238 g/mol. The maximum Gasteiger partial charge on any atom is 0.302 e. The zero-order chi connectivity index (χ0) is 11.6. The average Bonchev–Trinajstić information content (AvgIpc) is 2.18. The molecule has 3 atom stereocenters. The number of halogens is 1. The molecule has 1 fully saturated rings. The van der Waals surface area contributed by atoms with Gasteiger partial charge in [0.1, 0.15) is 11.5 Å². The van der Waals surface area contributed by atoms with E-state index in [9.17, 15) is 19.8 Å². The summed E-state index contributed by atoms with van der Waals surface area (Å²) >= 11 is 5.88. The molecule has 0 radical (unpaired) electrons. The molecule has 0 bridgehead atoms. The van der Waals surface area contributed by atoms with E-state index < -0.39 is 35.6 Å². The lowest BCUT2D eigenvalue weighted by atomic mass is 9.91. The van der Waals surface area contributed by atoms with Crippen molar-refractivity contribution < 1.29 is 24.5 Å². The monoisotopic (exact) mass is 237 g/mol. The van der Waals surface area contributed by atoms with Crippen molar-refractivity contribution in [3.8, 4) is 0 Å². The summed E-state index contributed by atoms with van der Waals surface area (Å²) in [5.41, 5.74) is 0. The van der Waals surface area contributed by atoms with Crippen LogP contribution >= 0.6 is 11.6 Å². The van der Waals surface area contributed by atoms with E-state index in [1.165, 1.54) is 6.92 Å². The summed E-state index contributed by atoms with van der Waals surface area (Å²) in [4.78, 5) is 20.0. The van der Waals surface area contributed by atoms with E-state index in [2.05, 4.69) is 10.1 Å². The number of rotatable bonds is 2. The molecular formula is C8H12ClNO5. The fraction of sp³-hybridized carbons (Fsp3) is 0.750. The van der Waals surface area contributed by atoms with Crippen molar-refractivity contribution in [2.45, 2.75) is 24.0 Å². The molecule has 15 heavy (non-hydrogen) atoms. The summed E-state index contributed by atoms with van der Waals surface area (Å²) in [6.45, 7) is 0.669. The van der Waals surface area contributed by atoms with Crippen LogP contribution in [0.2, 0.25) is 0 Å². The number of hydrogen-bond donors (Lipinski definition) is 3. The highest BCUT2D eigenvalue weighted by Crippen LogP contribution is 2.28. The summed E-state index contributed by atoms with van der Waals surface area (Å²) < 4.78 is 4.60. The van der Waals surface area contributed by atoms with Gasteiger partial charge in [-0.1, -0.05) is 0 Å². The Labute approximate surface area is 91.2 Å². The second kappa shape index (κ2) is 4.34. The standard InChI is InChI=1S/C8H12ClNO5/c1-4(11)15-3-8(9)5(12)2-10-7(14)6(8)13/h5-6,12-13H,2-3H2,1H3,(H,10,14)/t5-,6+,8+/m1/s1. The Hall–Kier alpha value is -0.850. The molecule has 1 amide bonds. The van der Waals surface area contributed by atoms with Crippen LogP contribution < -0.4 is 5.32 Å². The zero-order valence-corrected chi connectivity index (χ0v) is 8.82. The van der Waals surface area contributed by atoms with Crippen molar-refractivity contribution in [1.29, 1.82) is 0 Å². The topological polar surface area (TPSA) is 95.9 Å². The molecule has 1 aliphatic heterocycles. The summed E-state index contributed by atoms with van der Waals surface area (Å²) in [5.74, 6) is -1.29. The van der Waals surface area contributed by atoms with Crippen LogP contribution in [0.5, 0.6) is 0 Å². The van der Waals surface area contributed by atoms with E-state index in [1.54, 1.807) is 0 Å². The van der Waals surface area contributed by atoms with Gasteiger partial charge in [-0.2, -0.15) is 0 Å². The zero-order valence-electron chi connectivity index (χ0n) is 8.07. The quantitative estimate of drug-likeness (QED) is 0.396. The number of amides is 1. The first-order chi connectivity index (χ1) is 6.88.